The van der Waals surface area contributed by atoms with Crippen LogP contribution in [0.2, 0.25) is 0 Å². The van der Waals surface area contributed by atoms with E-state index in [0.29, 0.717) is 0 Å². The predicted molar refractivity (Wildman–Crippen MR) is 68.5 cm³/mol. The lowest BCUT2D eigenvalue weighted by molar-refractivity contribution is -0.136. The fourth-order valence-electron chi connectivity index (χ4n) is 2.37. The van der Waals surface area contributed by atoms with E-state index in [1.807, 2.05) is 18.2 Å². The molecule has 0 aliphatic carbocycles. The number of benzene rings is 1. The topological polar surface area (TPSA) is 40.5 Å². The van der Waals surface area contributed by atoms with Gasteiger partial charge in [0.25, 0.3) is 0 Å². The highest BCUT2D eigenvalue weighted by Crippen LogP contribution is 2.20. The fourth-order valence-corrected chi connectivity index (χ4v) is 2.37. The maximum atomic E-state index is 10.7. The Balaban J connectivity index is 2.11. The van der Waals surface area contributed by atoms with E-state index in [-0.39, 0.29) is 6.42 Å². The van der Waals surface area contributed by atoms with Crippen LogP contribution in [-0.2, 0) is 11.2 Å². The van der Waals surface area contributed by atoms with Crippen molar-refractivity contribution in [3.8, 4) is 0 Å². The second-order valence-corrected chi connectivity index (χ2v) is 4.64. The Hall–Kier alpha value is -1.51. The highest BCUT2D eigenvalue weighted by Gasteiger charge is 2.10. The largest absolute Gasteiger partial charge is 0.481 e. The summed E-state index contributed by atoms with van der Waals surface area (Å²) in [5, 5.41) is 8.80. The van der Waals surface area contributed by atoms with Crippen LogP contribution in [0.1, 0.15) is 31.2 Å². The Morgan fingerprint density at radius 1 is 1.18 bits per heavy atom. The summed E-state index contributed by atoms with van der Waals surface area (Å²) >= 11 is 0. The maximum absolute atomic E-state index is 10.7. The molecule has 0 unspecified atom stereocenters. The van der Waals surface area contributed by atoms with E-state index in [1.54, 1.807) is 0 Å². The van der Waals surface area contributed by atoms with E-state index in [9.17, 15) is 4.79 Å². The van der Waals surface area contributed by atoms with Gasteiger partial charge in [-0.1, -0.05) is 25.0 Å². The van der Waals surface area contributed by atoms with Crippen LogP contribution in [-0.4, -0.2) is 24.2 Å². The summed E-state index contributed by atoms with van der Waals surface area (Å²) in [6, 6.07) is 7.93. The number of carboxylic acids is 1. The molecular formula is C14H19NO2. The molecule has 1 fully saturated rings. The fraction of sp³-hybridized carbons (Fsp3) is 0.500. The third-order valence-electron chi connectivity index (χ3n) is 3.24. The molecule has 0 radical (unpaired) electrons. The van der Waals surface area contributed by atoms with Gasteiger partial charge in [-0.2, -0.15) is 0 Å². The van der Waals surface area contributed by atoms with Crippen molar-refractivity contribution in [3.05, 3.63) is 29.8 Å². The molecule has 1 aromatic rings. The first kappa shape index (κ1) is 12.0. The molecule has 1 aromatic carbocycles. The van der Waals surface area contributed by atoms with Crippen LogP contribution in [0.25, 0.3) is 0 Å². The van der Waals surface area contributed by atoms with Crippen molar-refractivity contribution in [2.45, 2.75) is 32.1 Å². The molecule has 0 atom stereocenters. The second-order valence-electron chi connectivity index (χ2n) is 4.64. The molecular weight excluding hydrogens is 214 g/mol. The molecule has 1 aliphatic heterocycles. The molecule has 1 aliphatic rings. The van der Waals surface area contributed by atoms with Gasteiger partial charge in [-0.3, -0.25) is 4.79 Å². The van der Waals surface area contributed by atoms with Crippen molar-refractivity contribution < 1.29 is 9.90 Å². The predicted octanol–water partition coefficient (Wildman–Crippen LogP) is 2.69. The van der Waals surface area contributed by atoms with Crippen LogP contribution in [0, 0.1) is 0 Å². The van der Waals surface area contributed by atoms with Crippen molar-refractivity contribution in [3.63, 3.8) is 0 Å². The van der Waals surface area contributed by atoms with Gasteiger partial charge in [0.15, 0.2) is 0 Å². The lowest BCUT2D eigenvalue weighted by Gasteiger charge is -2.23. The standard InChI is InChI=1S/C14H19NO2/c16-14(17)11-12-6-5-7-13(10-12)15-8-3-1-2-4-9-15/h5-7,10H,1-4,8-9,11H2,(H,16,17). The molecule has 17 heavy (non-hydrogen) atoms. The molecule has 2 rings (SSSR count). The molecule has 0 bridgehead atoms. The van der Waals surface area contributed by atoms with Crippen LogP contribution in [0.15, 0.2) is 24.3 Å². The number of carboxylic acid groups (broad SMARTS) is 1. The number of rotatable bonds is 3. The van der Waals surface area contributed by atoms with Gasteiger partial charge in [-0.15, -0.1) is 0 Å². The van der Waals surface area contributed by atoms with Crippen LogP contribution in [0.3, 0.4) is 0 Å². The summed E-state index contributed by atoms with van der Waals surface area (Å²) < 4.78 is 0. The molecule has 1 saturated heterocycles. The van der Waals surface area contributed by atoms with Crippen molar-refractivity contribution in [2.75, 3.05) is 18.0 Å². The maximum Gasteiger partial charge on any atom is 0.307 e. The van der Waals surface area contributed by atoms with Crippen molar-refractivity contribution in [1.82, 2.24) is 0 Å². The highest BCUT2D eigenvalue weighted by molar-refractivity contribution is 5.70. The van der Waals surface area contributed by atoms with Gasteiger partial charge in [0.05, 0.1) is 6.42 Å². The van der Waals surface area contributed by atoms with E-state index >= 15 is 0 Å². The van der Waals surface area contributed by atoms with Crippen molar-refractivity contribution >= 4 is 11.7 Å². The summed E-state index contributed by atoms with van der Waals surface area (Å²) in [7, 11) is 0. The summed E-state index contributed by atoms with van der Waals surface area (Å²) in [6.45, 7) is 2.19. The van der Waals surface area contributed by atoms with Gasteiger partial charge in [-0.05, 0) is 30.5 Å². The first-order chi connectivity index (χ1) is 8.25. The molecule has 0 amide bonds. The second kappa shape index (κ2) is 5.71. The van der Waals surface area contributed by atoms with E-state index < -0.39 is 5.97 Å². The lowest BCUT2D eigenvalue weighted by Crippen LogP contribution is -2.23. The molecule has 3 nitrogen and oxygen atoms in total. The Bertz CT molecular complexity index is 382. The van der Waals surface area contributed by atoms with Crippen LogP contribution < -0.4 is 4.90 Å². The van der Waals surface area contributed by atoms with Gasteiger partial charge in [0.1, 0.15) is 0 Å². The highest BCUT2D eigenvalue weighted by atomic mass is 16.4. The zero-order chi connectivity index (χ0) is 12.1. The number of hydrogen-bond donors (Lipinski definition) is 1. The number of aliphatic carboxylic acids is 1. The minimum Gasteiger partial charge on any atom is -0.481 e. The Morgan fingerprint density at radius 3 is 2.53 bits per heavy atom. The first-order valence-corrected chi connectivity index (χ1v) is 6.31. The molecule has 1 heterocycles. The van der Waals surface area contributed by atoms with Crippen LogP contribution in [0.4, 0.5) is 5.69 Å². The van der Waals surface area contributed by atoms with Gasteiger partial charge in [0, 0.05) is 18.8 Å². The molecule has 0 saturated carbocycles. The van der Waals surface area contributed by atoms with E-state index in [2.05, 4.69) is 11.0 Å². The minimum atomic E-state index is -0.766. The number of anilines is 1. The Morgan fingerprint density at radius 2 is 1.88 bits per heavy atom. The first-order valence-electron chi connectivity index (χ1n) is 6.31. The third-order valence-corrected chi connectivity index (χ3v) is 3.24. The number of carbonyl (C=O) groups is 1. The monoisotopic (exact) mass is 233 g/mol. The zero-order valence-electron chi connectivity index (χ0n) is 10.1. The summed E-state index contributed by atoms with van der Waals surface area (Å²) in [4.78, 5) is 13.1. The van der Waals surface area contributed by atoms with Crippen molar-refractivity contribution in [1.29, 1.82) is 0 Å². The van der Waals surface area contributed by atoms with E-state index in [0.717, 1.165) is 18.7 Å². The van der Waals surface area contributed by atoms with Crippen molar-refractivity contribution in [2.24, 2.45) is 0 Å². The summed E-state index contributed by atoms with van der Waals surface area (Å²) in [5.74, 6) is -0.766. The quantitative estimate of drug-likeness (QED) is 0.872. The molecule has 0 spiro atoms. The average molecular weight is 233 g/mol. The molecule has 1 N–H and O–H groups in total. The summed E-state index contributed by atoms with van der Waals surface area (Å²) in [5.41, 5.74) is 2.06. The van der Waals surface area contributed by atoms with Crippen LogP contribution in [0.5, 0.6) is 0 Å². The molecule has 0 aromatic heterocycles. The Kier molecular flexibility index (Phi) is 4.02. The number of nitrogens with zero attached hydrogens (tertiary/aromatic N) is 1. The summed E-state index contributed by atoms with van der Waals surface area (Å²) in [6.07, 6.45) is 5.21. The van der Waals surface area contributed by atoms with Gasteiger partial charge >= 0.3 is 5.97 Å². The van der Waals surface area contributed by atoms with Gasteiger partial charge in [-0.25, -0.2) is 0 Å². The SMILES string of the molecule is O=C(O)Cc1cccc(N2CCCCCC2)c1. The minimum absolute atomic E-state index is 0.113. The normalized spacial score (nSPS) is 16.6. The zero-order valence-corrected chi connectivity index (χ0v) is 10.1. The Labute approximate surface area is 102 Å². The smallest absolute Gasteiger partial charge is 0.307 e. The van der Waals surface area contributed by atoms with Gasteiger partial charge < -0.3 is 10.0 Å². The van der Waals surface area contributed by atoms with Crippen LogP contribution >= 0.6 is 0 Å². The van der Waals surface area contributed by atoms with E-state index in [4.69, 9.17) is 5.11 Å². The molecule has 92 valence electrons. The average Bonchev–Trinajstić information content (AvgIpc) is 2.57. The number of hydrogen-bond acceptors (Lipinski definition) is 2. The molecule has 3 heteroatoms. The lowest BCUT2D eigenvalue weighted by atomic mass is 10.1. The van der Waals surface area contributed by atoms with Gasteiger partial charge in [0.2, 0.25) is 0 Å². The van der Waals surface area contributed by atoms with E-state index in [1.165, 1.54) is 31.4 Å². The third kappa shape index (κ3) is 3.48.